The molecule has 0 bridgehead atoms. The van der Waals surface area contributed by atoms with Crippen LogP contribution in [0.5, 0.6) is 0 Å². The SMILES string of the molecule is Cn1nccc1CCN1CCCC1CCCN. The van der Waals surface area contributed by atoms with E-state index in [9.17, 15) is 0 Å². The molecule has 1 aliphatic heterocycles. The molecule has 4 heteroatoms. The zero-order valence-corrected chi connectivity index (χ0v) is 10.8. The van der Waals surface area contributed by atoms with Crippen LogP contribution in [0.1, 0.15) is 31.4 Å². The third-order valence-electron chi connectivity index (χ3n) is 3.82. The molecule has 0 aromatic carbocycles. The van der Waals surface area contributed by atoms with Gasteiger partial charge in [-0.05, 0) is 44.8 Å². The molecular formula is C13H24N4. The average Bonchev–Trinajstić information content (AvgIpc) is 2.93. The third-order valence-corrected chi connectivity index (χ3v) is 3.82. The summed E-state index contributed by atoms with van der Waals surface area (Å²) in [5, 5.41) is 4.21. The number of aryl methyl sites for hydroxylation is 1. The van der Waals surface area contributed by atoms with Gasteiger partial charge in [-0.25, -0.2) is 0 Å². The van der Waals surface area contributed by atoms with Crippen LogP contribution >= 0.6 is 0 Å². The fourth-order valence-corrected chi connectivity index (χ4v) is 2.77. The minimum Gasteiger partial charge on any atom is -0.330 e. The number of nitrogens with two attached hydrogens (primary N) is 1. The summed E-state index contributed by atoms with van der Waals surface area (Å²) in [7, 11) is 2.02. The van der Waals surface area contributed by atoms with E-state index in [1.54, 1.807) is 0 Å². The first-order chi connectivity index (χ1) is 8.31. The standard InChI is InChI=1S/C13H24N4/c1-16-12(6-9-15-16)7-11-17-10-3-5-13(17)4-2-8-14/h6,9,13H,2-5,7-8,10-11,14H2,1H3. The highest BCUT2D eigenvalue weighted by Crippen LogP contribution is 2.21. The maximum absolute atomic E-state index is 5.59. The molecule has 96 valence electrons. The van der Waals surface area contributed by atoms with Crippen molar-refractivity contribution < 1.29 is 0 Å². The van der Waals surface area contributed by atoms with Gasteiger partial charge in [-0.15, -0.1) is 0 Å². The summed E-state index contributed by atoms with van der Waals surface area (Å²) in [6.07, 6.45) is 8.11. The fraction of sp³-hybridized carbons (Fsp3) is 0.769. The smallest absolute Gasteiger partial charge is 0.0492 e. The van der Waals surface area contributed by atoms with Gasteiger partial charge >= 0.3 is 0 Å². The molecule has 1 atom stereocenters. The van der Waals surface area contributed by atoms with E-state index < -0.39 is 0 Å². The van der Waals surface area contributed by atoms with Gasteiger partial charge in [0.1, 0.15) is 0 Å². The molecule has 0 aliphatic carbocycles. The highest BCUT2D eigenvalue weighted by molar-refractivity contribution is 5.00. The lowest BCUT2D eigenvalue weighted by atomic mass is 10.1. The summed E-state index contributed by atoms with van der Waals surface area (Å²) in [6, 6.07) is 2.89. The van der Waals surface area contributed by atoms with E-state index >= 15 is 0 Å². The van der Waals surface area contributed by atoms with Crippen molar-refractivity contribution in [1.82, 2.24) is 14.7 Å². The molecule has 0 spiro atoms. The molecule has 1 saturated heterocycles. The van der Waals surface area contributed by atoms with E-state index in [1.165, 1.54) is 31.5 Å². The van der Waals surface area contributed by atoms with Crippen molar-refractivity contribution in [2.24, 2.45) is 12.8 Å². The summed E-state index contributed by atoms with van der Waals surface area (Å²) in [6.45, 7) is 3.24. The highest BCUT2D eigenvalue weighted by atomic mass is 15.3. The topological polar surface area (TPSA) is 47.1 Å². The minimum absolute atomic E-state index is 0.770. The fourth-order valence-electron chi connectivity index (χ4n) is 2.77. The van der Waals surface area contributed by atoms with Crippen LogP contribution in [0, 0.1) is 0 Å². The summed E-state index contributed by atoms with van der Waals surface area (Å²) >= 11 is 0. The summed E-state index contributed by atoms with van der Waals surface area (Å²) < 4.78 is 1.98. The van der Waals surface area contributed by atoms with Crippen LogP contribution in [0.25, 0.3) is 0 Å². The van der Waals surface area contributed by atoms with Gasteiger partial charge in [-0.1, -0.05) is 0 Å². The van der Waals surface area contributed by atoms with Gasteiger partial charge < -0.3 is 5.73 Å². The Labute approximate surface area is 104 Å². The first-order valence-electron chi connectivity index (χ1n) is 6.72. The summed E-state index contributed by atoms with van der Waals surface area (Å²) in [5.74, 6) is 0. The molecule has 2 N–H and O–H groups in total. The van der Waals surface area contributed by atoms with Crippen LogP contribution in [-0.4, -0.2) is 40.4 Å². The predicted molar refractivity (Wildman–Crippen MR) is 69.8 cm³/mol. The van der Waals surface area contributed by atoms with Crippen LogP contribution in [0.15, 0.2) is 12.3 Å². The Morgan fingerprint density at radius 3 is 3.12 bits per heavy atom. The van der Waals surface area contributed by atoms with Gasteiger partial charge in [0, 0.05) is 37.9 Å². The summed E-state index contributed by atoms with van der Waals surface area (Å²) in [5.41, 5.74) is 6.92. The number of aromatic nitrogens is 2. The lowest BCUT2D eigenvalue weighted by Gasteiger charge is -2.24. The van der Waals surface area contributed by atoms with Crippen molar-refractivity contribution >= 4 is 0 Å². The van der Waals surface area contributed by atoms with Crippen molar-refractivity contribution in [3.05, 3.63) is 18.0 Å². The van der Waals surface area contributed by atoms with E-state index in [4.69, 9.17) is 5.73 Å². The zero-order chi connectivity index (χ0) is 12.1. The van der Waals surface area contributed by atoms with Crippen molar-refractivity contribution in [1.29, 1.82) is 0 Å². The van der Waals surface area contributed by atoms with Crippen LogP contribution < -0.4 is 5.73 Å². The van der Waals surface area contributed by atoms with E-state index in [2.05, 4.69) is 16.1 Å². The van der Waals surface area contributed by atoms with Crippen LogP contribution in [0.4, 0.5) is 0 Å². The Balaban J connectivity index is 1.80. The Morgan fingerprint density at radius 2 is 2.41 bits per heavy atom. The zero-order valence-electron chi connectivity index (χ0n) is 10.8. The largest absolute Gasteiger partial charge is 0.330 e. The molecule has 0 saturated carbocycles. The lowest BCUT2D eigenvalue weighted by molar-refractivity contribution is 0.242. The van der Waals surface area contributed by atoms with Crippen molar-refractivity contribution in [2.75, 3.05) is 19.6 Å². The monoisotopic (exact) mass is 236 g/mol. The van der Waals surface area contributed by atoms with Crippen LogP contribution in [0.3, 0.4) is 0 Å². The molecule has 0 amide bonds. The number of hydrogen-bond acceptors (Lipinski definition) is 3. The minimum atomic E-state index is 0.770. The molecular weight excluding hydrogens is 212 g/mol. The molecule has 1 aromatic heterocycles. The molecule has 4 nitrogen and oxygen atoms in total. The van der Waals surface area contributed by atoms with Gasteiger partial charge in [-0.2, -0.15) is 5.10 Å². The molecule has 1 aromatic rings. The van der Waals surface area contributed by atoms with E-state index in [0.29, 0.717) is 0 Å². The maximum Gasteiger partial charge on any atom is 0.0492 e. The van der Waals surface area contributed by atoms with Gasteiger partial charge in [0.25, 0.3) is 0 Å². The van der Waals surface area contributed by atoms with Crippen molar-refractivity contribution in [2.45, 2.75) is 38.1 Å². The normalized spacial score (nSPS) is 21.2. The first kappa shape index (κ1) is 12.6. The third kappa shape index (κ3) is 3.30. The van der Waals surface area contributed by atoms with Crippen LogP contribution in [-0.2, 0) is 13.5 Å². The average molecular weight is 236 g/mol. The molecule has 17 heavy (non-hydrogen) atoms. The molecule has 1 unspecified atom stereocenters. The number of nitrogens with zero attached hydrogens (tertiary/aromatic N) is 3. The molecule has 2 heterocycles. The summed E-state index contributed by atoms with van der Waals surface area (Å²) in [4.78, 5) is 2.63. The van der Waals surface area contributed by atoms with Crippen molar-refractivity contribution in [3.63, 3.8) is 0 Å². The van der Waals surface area contributed by atoms with E-state index in [-0.39, 0.29) is 0 Å². The highest BCUT2D eigenvalue weighted by Gasteiger charge is 2.23. The second-order valence-corrected chi connectivity index (χ2v) is 4.96. The van der Waals surface area contributed by atoms with Gasteiger partial charge in [-0.3, -0.25) is 9.58 Å². The van der Waals surface area contributed by atoms with Crippen molar-refractivity contribution in [3.8, 4) is 0 Å². The second-order valence-electron chi connectivity index (χ2n) is 4.96. The quantitative estimate of drug-likeness (QED) is 0.806. The van der Waals surface area contributed by atoms with E-state index in [0.717, 1.165) is 32.0 Å². The first-order valence-corrected chi connectivity index (χ1v) is 6.72. The maximum atomic E-state index is 5.59. The van der Waals surface area contributed by atoms with E-state index in [1.807, 2.05) is 17.9 Å². The van der Waals surface area contributed by atoms with Gasteiger partial charge in [0.2, 0.25) is 0 Å². The predicted octanol–water partition coefficient (Wildman–Crippen LogP) is 1.17. The van der Waals surface area contributed by atoms with Gasteiger partial charge in [0.15, 0.2) is 0 Å². The molecule has 1 aliphatic rings. The van der Waals surface area contributed by atoms with Gasteiger partial charge in [0.05, 0.1) is 0 Å². The second kappa shape index (κ2) is 6.17. The lowest BCUT2D eigenvalue weighted by Crippen LogP contribution is -2.32. The molecule has 1 fully saturated rings. The van der Waals surface area contributed by atoms with Crippen LogP contribution in [0.2, 0.25) is 0 Å². The number of likely N-dealkylation sites (tertiary alicyclic amines) is 1. The molecule has 2 rings (SSSR count). The number of rotatable bonds is 6. The Kier molecular flexibility index (Phi) is 4.57. The Hall–Kier alpha value is -0.870. The number of hydrogen-bond donors (Lipinski definition) is 1. The molecule has 0 radical (unpaired) electrons. The Morgan fingerprint density at radius 1 is 1.53 bits per heavy atom. The Bertz CT molecular complexity index is 334.